The molecule has 1 N–H and O–H groups in total. The summed E-state index contributed by atoms with van der Waals surface area (Å²) in [5.74, 6) is -0.735. The third kappa shape index (κ3) is 4.62. The SMILES string of the molecule is CCc1nn(CC)c(CN(C)CCCC(=O)O)c1Br. The fraction of sp³-hybridized carbons (Fsp3) is 0.692. The second-order valence-electron chi connectivity index (χ2n) is 4.61. The first-order valence-corrected chi connectivity index (χ1v) is 7.43. The van der Waals surface area contributed by atoms with Crippen molar-refractivity contribution in [3.05, 3.63) is 15.9 Å². The van der Waals surface area contributed by atoms with Gasteiger partial charge in [-0.05, 0) is 49.3 Å². The molecule has 1 heterocycles. The van der Waals surface area contributed by atoms with Gasteiger partial charge in [0, 0.05) is 19.5 Å². The Morgan fingerprint density at radius 3 is 2.68 bits per heavy atom. The van der Waals surface area contributed by atoms with Gasteiger partial charge in [0.1, 0.15) is 0 Å². The summed E-state index contributed by atoms with van der Waals surface area (Å²) in [7, 11) is 2.01. The zero-order chi connectivity index (χ0) is 14.4. The lowest BCUT2D eigenvalue weighted by molar-refractivity contribution is -0.137. The lowest BCUT2D eigenvalue weighted by atomic mass is 10.2. The van der Waals surface area contributed by atoms with Crippen LogP contribution in [0.3, 0.4) is 0 Å². The maximum absolute atomic E-state index is 10.5. The highest BCUT2D eigenvalue weighted by molar-refractivity contribution is 9.10. The van der Waals surface area contributed by atoms with Crippen molar-refractivity contribution in [2.45, 2.75) is 46.2 Å². The molecule has 0 atom stereocenters. The van der Waals surface area contributed by atoms with Crippen LogP contribution in [0.25, 0.3) is 0 Å². The van der Waals surface area contributed by atoms with Crippen LogP contribution in [-0.4, -0.2) is 39.3 Å². The quantitative estimate of drug-likeness (QED) is 0.795. The number of hydrogen-bond acceptors (Lipinski definition) is 3. The molecule has 0 spiro atoms. The van der Waals surface area contributed by atoms with E-state index in [1.54, 1.807) is 0 Å². The molecular weight excluding hydrogens is 310 g/mol. The van der Waals surface area contributed by atoms with Gasteiger partial charge in [0.25, 0.3) is 0 Å². The lowest BCUT2D eigenvalue weighted by Crippen LogP contribution is -2.22. The minimum Gasteiger partial charge on any atom is -0.481 e. The smallest absolute Gasteiger partial charge is 0.303 e. The topological polar surface area (TPSA) is 58.4 Å². The van der Waals surface area contributed by atoms with Crippen molar-refractivity contribution in [1.29, 1.82) is 0 Å². The van der Waals surface area contributed by atoms with Gasteiger partial charge in [-0.25, -0.2) is 0 Å². The molecule has 0 saturated carbocycles. The van der Waals surface area contributed by atoms with Crippen molar-refractivity contribution >= 4 is 21.9 Å². The van der Waals surface area contributed by atoms with Crippen LogP contribution in [-0.2, 0) is 24.3 Å². The van der Waals surface area contributed by atoms with E-state index in [1.807, 2.05) is 11.7 Å². The average molecular weight is 332 g/mol. The van der Waals surface area contributed by atoms with E-state index in [9.17, 15) is 4.79 Å². The van der Waals surface area contributed by atoms with Gasteiger partial charge in [-0.15, -0.1) is 0 Å². The van der Waals surface area contributed by atoms with Gasteiger partial charge in [-0.3, -0.25) is 9.48 Å². The number of hydrogen-bond donors (Lipinski definition) is 1. The average Bonchev–Trinajstić information content (AvgIpc) is 2.66. The number of halogens is 1. The van der Waals surface area contributed by atoms with Crippen LogP contribution in [0.2, 0.25) is 0 Å². The Balaban J connectivity index is 2.65. The Hall–Kier alpha value is -0.880. The van der Waals surface area contributed by atoms with Crippen LogP contribution in [0.1, 0.15) is 38.1 Å². The maximum Gasteiger partial charge on any atom is 0.303 e. The van der Waals surface area contributed by atoms with Crippen molar-refractivity contribution in [2.24, 2.45) is 0 Å². The Kier molecular flexibility index (Phi) is 6.51. The van der Waals surface area contributed by atoms with Crippen LogP contribution in [0.15, 0.2) is 4.47 Å². The van der Waals surface area contributed by atoms with Gasteiger partial charge in [-0.1, -0.05) is 6.92 Å². The fourth-order valence-electron chi connectivity index (χ4n) is 2.00. The van der Waals surface area contributed by atoms with Crippen LogP contribution in [0, 0.1) is 0 Å². The Bertz CT molecular complexity index is 432. The summed E-state index contributed by atoms with van der Waals surface area (Å²) in [6.45, 7) is 6.56. The number of carbonyl (C=O) groups is 1. The molecule has 6 heteroatoms. The summed E-state index contributed by atoms with van der Waals surface area (Å²) in [6, 6.07) is 0. The molecule has 0 unspecified atom stereocenters. The number of rotatable bonds is 8. The summed E-state index contributed by atoms with van der Waals surface area (Å²) in [5.41, 5.74) is 2.24. The molecule has 19 heavy (non-hydrogen) atoms. The molecule has 1 rings (SSSR count). The molecule has 5 nitrogen and oxygen atoms in total. The van der Waals surface area contributed by atoms with Gasteiger partial charge < -0.3 is 10.0 Å². The molecule has 0 radical (unpaired) electrons. The monoisotopic (exact) mass is 331 g/mol. The molecular formula is C13H22BrN3O2. The van der Waals surface area contributed by atoms with E-state index in [-0.39, 0.29) is 6.42 Å². The standard InChI is InChI=1S/C13H22BrN3O2/c1-4-10-13(14)11(17(5-2)15-10)9-16(3)8-6-7-12(18)19/h4-9H2,1-3H3,(H,18,19). The first kappa shape index (κ1) is 16.2. The largest absolute Gasteiger partial charge is 0.481 e. The van der Waals surface area contributed by atoms with E-state index in [1.165, 1.54) is 0 Å². The first-order valence-electron chi connectivity index (χ1n) is 6.63. The Morgan fingerprint density at radius 1 is 1.47 bits per heavy atom. The molecule has 0 bridgehead atoms. The van der Waals surface area contributed by atoms with Gasteiger partial charge in [0.05, 0.1) is 15.9 Å². The van der Waals surface area contributed by atoms with Gasteiger partial charge in [0.2, 0.25) is 0 Å². The number of aromatic nitrogens is 2. The second kappa shape index (κ2) is 7.65. The highest BCUT2D eigenvalue weighted by atomic mass is 79.9. The molecule has 0 amide bonds. The second-order valence-corrected chi connectivity index (χ2v) is 5.40. The minimum atomic E-state index is -0.735. The van der Waals surface area contributed by atoms with Crippen LogP contribution in [0.5, 0.6) is 0 Å². The number of carboxylic acid groups (broad SMARTS) is 1. The third-order valence-corrected chi connectivity index (χ3v) is 3.96. The lowest BCUT2D eigenvalue weighted by Gasteiger charge is -2.17. The van der Waals surface area contributed by atoms with Gasteiger partial charge >= 0.3 is 5.97 Å². The summed E-state index contributed by atoms with van der Waals surface area (Å²) >= 11 is 3.62. The van der Waals surface area contributed by atoms with Crippen LogP contribution in [0.4, 0.5) is 0 Å². The molecule has 0 aliphatic rings. The fourth-order valence-corrected chi connectivity index (χ4v) is 2.69. The van der Waals surface area contributed by atoms with Gasteiger partial charge in [-0.2, -0.15) is 5.10 Å². The van der Waals surface area contributed by atoms with Crippen molar-refractivity contribution in [3.63, 3.8) is 0 Å². The molecule has 0 saturated heterocycles. The zero-order valence-electron chi connectivity index (χ0n) is 11.8. The highest BCUT2D eigenvalue weighted by Crippen LogP contribution is 2.23. The van der Waals surface area contributed by atoms with E-state index in [4.69, 9.17) is 5.11 Å². The minimum absolute atomic E-state index is 0.221. The summed E-state index contributed by atoms with van der Waals surface area (Å²) in [5, 5.41) is 13.2. The number of nitrogens with zero attached hydrogens (tertiary/aromatic N) is 3. The molecule has 0 aliphatic heterocycles. The van der Waals surface area contributed by atoms with Crippen LogP contribution >= 0.6 is 15.9 Å². The van der Waals surface area contributed by atoms with E-state index in [0.717, 1.165) is 41.9 Å². The highest BCUT2D eigenvalue weighted by Gasteiger charge is 2.15. The molecule has 0 aromatic carbocycles. The number of aliphatic carboxylic acids is 1. The first-order chi connectivity index (χ1) is 8.99. The number of carboxylic acids is 1. The Labute approximate surface area is 122 Å². The zero-order valence-corrected chi connectivity index (χ0v) is 13.4. The van der Waals surface area contributed by atoms with Crippen molar-refractivity contribution < 1.29 is 9.90 Å². The summed E-state index contributed by atoms with van der Waals surface area (Å²) < 4.78 is 3.10. The predicted molar refractivity (Wildman–Crippen MR) is 78.2 cm³/mol. The van der Waals surface area contributed by atoms with Gasteiger partial charge in [0.15, 0.2) is 0 Å². The molecule has 108 valence electrons. The van der Waals surface area contributed by atoms with Crippen molar-refractivity contribution in [2.75, 3.05) is 13.6 Å². The van der Waals surface area contributed by atoms with Crippen LogP contribution < -0.4 is 0 Å². The molecule has 1 aromatic heterocycles. The van der Waals surface area contributed by atoms with E-state index in [2.05, 4.69) is 39.8 Å². The Morgan fingerprint density at radius 2 is 2.16 bits per heavy atom. The summed E-state index contributed by atoms with van der Waals surface area (Å²) in [4.78, 5) is 12.6. The van der Waals surface area contributed by atoms with E-state index >= 15 is 0 Å². The summed E-state index contributed by atoms with van der Waals surface area (Å²) in [6.07, 6.45) is 1.80. The molecule has 0 fully saturated rings. The van der Waals surface area contributed by atoms with Crippen molar-refractivity contribution in [1.82, 2.24) is 14.7 Å². The molecule has 0 aliphatic carbocycles. The third-order valence-electron chi connectivity index (χ3n) is 3.04. The molecule has 1 aromatic rings. The number of aryl methyl sites for hydroxylation is 2. The predicted octanol–water partition coefficient (Wildman–Crippen LogP) is 2.52. The normalized spacial score (nSPS) is 11.2. The maximum atomic E-state index is 10.5. The van der Waals surface area contributed by atoms with Crippen molar-refractivity contribution in [3.8, 4) is 0 Å². The van der Waals surface area contributed by atoms with E-state index < -0.39 is 5.97 Å². The van der Waals surface area contributed by atoms with E-state index in [0.29, 0.717) is 6.42 Å².